The summed E-state index contributed by atoms with van der Waals surface area (Å²) in [4.78, 5) is 25.1. The molecule has 0 radical (unpaired) electrons. The lowest BCUT2D eigenvalue weighted by Gasteiger charge is -2.11. The van der Waals surface area contributed by atoms with Crippen LogP contribution in [0.25, 0.3) is 0 Å². The van der Waals surface area contributed by atoms with Gasteiger partial charge in [-0.15, -0.1) is 0 Å². The molecule has 15 heavy (non-hydrogen) atoms. The first-order chi connectivity index (χ1) is 7.27. The van der Waals surface area contributed by atoms with Crippen molar-refractivity contribution < 1.29 is 9.59 Å². The SMILES string of the molecule is O=C1c2ccccc2C(=O)N1C[C@@H]1CS1. The van der Waals surface area contributed by atoms with E-state index in [-0.39, 0.29) is 11.8 Å². The zero-order valence-corrected chi connectivity index (χ0v) is 8.79. The molecule has 0 spiro atoms. The predicted molar refractivity (Wildman–Crippen MR) is 58.1 cm³/mol. The minimum atomic E-state index is -0.136. The highest BCUT2D eigenvalue weighted by atomic mass is 32.2. The number of imide groups is 1. The van der Waals surface area contributed by atoms with E-state index in [2.05, 4.69) is 0 Å². The smallest absolute Gasteiger partial charge is 0.261 e. The summed E-state index contributed by atoms with van der Waals surface area (Å²) in [5.74, 6) is 0.791. The van der Waals surface area contributed by atoms with Crippen molar-refractivity contribution in [3.05, 3.63) is 35.4 Å². The van der Waals surface area contributed by atoms with Crippen molar-refractivity contribution in [3.63, 3.8) is 0 Å². The summed E-state index contributed by atoms with van der Waals surface area (Å²) < 4.78 is 0. The maximum atomic E-state index is 11.9. The zero-order chi connectivity index (χ0) is 10.4. The largest absolute Gasteiger partial charge is 0.273 e. The number of thioether (sulfide) groups is 1. The molecule has 1 aromatic rings. The molecule has 2 aliphatic heterocycles. The maximum Gasteiger partial charge on any atom is 0.261 e. The Morgan fingerprint density at radius 2 is 1.73 bits per heavy atom. The number of carbonyl (C=O) groups excluding carboxylic acids is 2. The lowest BCUT2D eigenvalue weighted by molar-refractivity contribution is 0.0659. The van der Waals surface area contributed by atoms with Gasteiger partial charge in [0, 0.05) is 17.5 Å². The van der Waals surface area contributed by atoms with E-state index < -0.39 is 0 Å². The third kappa shape index (κ3) is 1.36. The molecule has 0 unspecified atom stereocenters. The lowest BCUT2D eigenvalue weighted by atomic mass is 10.1. The highest BCUT2D eigenvalue weighted by Gasteiger charge is 2.38. The summed E-state index contributed by atoms with van der Waals surface area (Å²) >= 11 is 1.79. The molecule has 2 amide bonds. The Morgan fingerprint density at radius 3 is 2.20 bits per heavy atom. The second-order valence-electron chi connectivity index (χ2n) is 3.72. The number of fused-ring (bicyclic) bond motifs is 1. The Kier molecular flexibility index (Phi) is 1.85. The molecule has 1 aromatic carbocycles. The van der Waals surface area contributed by atoms with Gasteiger partial charge >= 0.3 is 0 Å². The normalized spacial score (nSPS) is 23.2. The number of nitrogens with zero attached hydrogens (tertiary/aromatic N) is 1. The Balaban J connectivity index is 1.96. The van der Waals surface area contributed by atoms with Crippen molar-refractivity contribution in [2.45, 2.75) is 5.25 Å². The van der Waals surface area contributed by atoms with Crippen molar-refractivity contribution in [3.8, 4) is 0 Å². The summed E-state index contributed by atoms with van der Waals surface area (Å²) in [5, 5.41) is 0.465. The van der Waals surface area contributed by atoms with E-state index in [0.717, 1.165) is 5.75 Å². The van der Waals surface area contributed by atoms with Gasteiger partial charge in [-0.1, -0.05) is 12.1 Å². The molecule has 0 aromatic heterocycles. The molecule has 3 rings (SSSR count). The standard InChI is InChI=1S/C11H9NO2S/c13-10-8-3-1-2-4-9(8)11(14)12(10)5-7-6-15-7/h1-4,7H,5-6H2/t7-/m1/s1. The Bertz CT molecular complexity index is 419. The van der Waals surface area contributed by atoms with Gasteiger partial charge in [0.15, 0.2) is 0 Å². The first kappa shape index (κ1) is 8.97. The van der Waals surface area contributed by atoms with Crippen LogP contribution in [-0.2, 0) is 0 Å². The molecule has 1 fully saturated rings. The van der Waals surface area contributed by atoms with Crippen molar-refractivity contribution >= 4 is 23.6 Å². The van der Waals surface area contributed by atoms with E-state index in [1.54, 1.807) is 36.0 Å². The van der Waals surface area contributed by atoms with Crippen LogP contribution < -0.4 is 0 Å². The first-order valence-electron chi connectivity index (χ1n) is 4.84. The third-order valence-corrected chi connectivity index (χ3v) is 3.62. The number of hydrogen-bond acceptors (Lipinski definition) is 3. The van der Waals surface area contributed by atoms with Gasteiger partial charge in [-0.05, 0) is 12.1 Å². The fraction of sp³-hybridized carbons (Fsp3) is 0.273. The maximum absolute atomic E-state index is 11.9. The van der Waals surface area contributed by atoms with Gasteiger partial charge in [-0.2, -0.15) is 11.8 Å². The van der Waals surface area contributed by atoms with Crippen LogP contribution in [0.15, 0.2) is 24.3 Å². The van der Waals surface area contributed by atoms with Gasteiger partial charge in [-0.25, -0.2) is 0 Å². The van der Waals surface area contributed by atoms with Crippen molar-refractivity contribution in [1.29, 1.82) is 0 Å². The van der Waals surface area contributed by atoms with Gasteiger partial charge in [-0.3, -0.25) is 14.5 Å². The molecule has 0 bridgehead atoms. The zero-order valence-electron chi connectivity index (χ0n) is 7.97. The van der Waals surface area contributed by atoms with Crippen LogP contribution in [0.3, 0.4) is 0 Å². The summed E-state index contributed by atoms with van der Waals surface area (Å²) in [7, 11) is 0. The average molecular weight is 219 g/mol. The van der Waals surface area contributed by atoms with E-state index in [4.69, 9.17) is 0 Å². The first-order valence-corrected chi connectivity index (χ1v) is 5.89. The quantitative estimate of drug-likeness (QED) is 0.557. The van der Waals surface area contributed by atoms with Gasteiger partial charge in [0.2, 0.25) is 0 Å². The summed E-state index contributed by atoms with van der Waals surface area (Å²) in [5.41, 5.74) is 1.10. The molecule has 0 N–H and O–H groups in total. The van der Waals surface area contributed by atoms with Crippen LogP contribution in [-0.4, -0.2) is 34.3 Å². The summed E-state index contributed by atoms with van der Waals surface area (Å²) in [6.07, 6.45) is 0. The molecule has 2 heterocycles. The second-order valence-corrected chi connectivity index (χ2v) is 5.06. The fourth-order valence-corrected chi connectivity index (χ4v) is 2.28. The molecular weight excluding hydrogens is 210 g/mol. The van der Waals surface area contributed by atoms with E-state index in [9.17, 15) is 9.59 Å². The molecule has 1 atom stereocenters. The fourth-order valence-electron chi connectivity index (χ4n) is 1.78. The molecule has 3 nitrogen and oxygen atoms in total. The number of amides is 2. The minimum absolute atomic E-state index is 0.136. The van der Waals surface area contributed by atoms with Crippen LogP contribution in [0.2, 0.25) is 0 Å². The van der Waals surface area contributed by atoms with Gasteiger partial charge in [0.05, 0.1) is 11.1 Å². The van der Waals surface area contributed by atoms with Crippen molar-refractivity contribution in [2.24, 2.45) is 0 Å². The number of carbonyl (C=O) groups is 2. The number of rotatable bonds is 2. The molecule has 1 saturated heterocycles. The molecule has 4 heteroatoms. The predicted octanol–water partition coefficient (Wildman–Crippen LogP) is 1.40. The molecule has 76 valence electrons. The molecular formula is C11H9NO2S. The Labute approximate surface area is 91.5 Å². The van der Waals surface area contributed by atoms with Gasteiger partial charge < -0.3 is 0 Å². The van der Waals surface area contributed by atoms with Crippen LogP contribution in [0, 0.1) is 0 Å². The van der Waals surface area contributed by atoms with E-state index >= 15 is 0 Å². The number of hydrogen-bond donors (Lipinski definition) is 0. The van der Waals surface area contributed by atoms with E-state index in [0.29, 0.717) is 22.9 Å². The molecule has 2 aliphatic rings. The Hall–Kier alpha value is -1.29. The molecule has 0 aliphatic carbocycles. The van der Waals surface area contributed by atoms with Gasteiger partial charge in [0.25, 0.3) is 11.8 Å². The highest BCUT2D eigenvalue weighted by Crippen LogP contribution is 2.33. The third-order valence-electron chi connectivity index (χ3n) is 2.67. The van der Waals surface area contributed by atoms with E-state index in [1.807, 2.05) is 0 Å². The van der Waals surface area contributed by atoms with Crippen LogP contribution in [0.1, 0.15) is 20.7 Å². The Morgan fingerprint density at radius 1 is 1.20 bits per heavy atom. The van der Waals surface area contributed by atoms with Crippen LogP contribution >= 0.6 is 11.8 Å². The topological polar surface area (TPSA) is 37.4 Å². The summed E-state index contributed by atoms with van der Waals surface area (Å²) in [6.45, 7) is 0.566. The molecule has 0 saturated carbocycles. The van der Waals surface area contributed by atoms with Crippen molar-refractivity contribution in [1.82, 2.24) is 4.90 Å². The number of benzene rings is 1. The summed E-state index contributed by atoms with van der Waals surface area (Å²) in [6, 6.07) is 7.02. The monoisotopic (exact) mass is 219 g/mol. The highest BCUT2D eigenvalue weighted by molar-refractivity contribution is 8.06. The van der Waals surface area contributed by atoms with Crippen LogP contribution in [0.5, 0.6) is 0 Å². The van der Waals surface area contributed by atoms with E-state index in [1.165, 1.54) is 4.90 Å². The lowest BCUT2D eigenvalue weighted by Crippen LogP contribution is -2.32. The second kappa shape index (κ2) is 3.10. The van der Waals surface area contributed by atoms with Crippen molar-refractivity contribution in [2.75, 3.05) is 12.3 Å². The average Bonchev–Trinajstić information content (AvgIpc) is 3.04. The minimum Gasteiger partial charge on any atom is -0.273 e. The van der Waals surface area contributed by atoms with Gasteiger partial charge in [0.1, 0.15) is 0 Å². The van der Waals surface area contributed by atoms with Crippen LogP contribution in [0.4, 0.5) is 0 Å².